The molecule has 1 N–H and O–H groups in total. The summed E-state index contributed by atoms with van der Waals surface area (Å²) in [6, 6.07) is 13.4. The number of hydrogen-bond donors (Lipinski definition) is 1. The fourth-order valence-electron chi connectivity index (χ4n) is 1.69. The van der Waals surface area contributed by atoms with Gasteiger partial charge in [-0.25, -0.2) is 4.98 Å². The molecule has 0 radical (unpaired) electrons. The van der Waals surface area contributed by atoms with Crippen LogP contribution in [-0.2, 0) is 0 Å². The summed E-state index contributed by atoms with van der Waals surface area (Å²) in [6.45, 7) is 2.04. The Morgan fingerprint density at radius 3 is 2.89 bits per heavy atom. The van der Waals surface area contributed by atoms with Gasteiger partial charge >= 0.3 is 0 Å². The molecule has 1 atom stereocenters. The number of nitrogens with zero attached hydrogens (tertiary/aromatic N) is 2. The lowest BCUT2D eigenvalue weighted by Crippen LogP contribution is -2.06. The highest BCUT2D eigenvalue weighted by atomic mass is 35.5. The SMILES string of the molecule is CC(Nc1ccnc(C#N)c1)c1cccc(Cl)c1. The van der Waals surface area contributed by atoms with Gasteiger partial charge in [0.15, 0.2) is 0 Å². The van der Waals surface area contributed by atoms with E-state index in [1.807, 2.05) is 43.3 Å². The lowest BCUT2D eigenvalue weighted by molar-refractivity contribution is 0.884. The summed E-state index contributed by atoms with van der Waals surface area (Å²) in [4.78, 5) is 3.93. The van der Waals surface area contributed by atoms with E-state index in [0.717, 1.165) is 11.3 Å². The van der Waals surface area contributed by atoms with Crippen LogP contribution in [0.15, 0.2) is 42.6 Å². The summed E-state index contributed by atoms with van der Waals surface area (Å²) in [5, 5.41) is 12.8. The van der Waals surface area contributed by atoms with Crippen molar-refractivity contribution in [1.29, 1.82) is 5.26 Å². The standard InChI is InChI=1S/C14H12ClN3/c1-10(11-3-2-4-12(15)7-11)18-13-5-6-17-14(8-13)9-16/h2-8,10H,1H3,(H,17,18). The maximum absolute atomic E-state index is 8.79. The minimum atomic E-state index is 0.109. The van der Waals surface area contributed by atoms with Crippen molar-refractivity contribution in [3.63, 3.8) is 0 Å². The molecule has 0 bridgehead atoms. The lowest BCUT2D eigenvalue weighted by atomic mass is 10.1. The van der Waals surface area contributed by atoms with Gasteiger partial charge in [0.25, 0.3) is 0 Å². The minimum Gasteiger partial charge on any atom is -0.378 e. The quantitative estimate of drug-likeness (QED) is 0.910. The largest absolute Gasteiger partial charge is 0.378 e. The number of nitriles is 1. The first-order valence-corrected chi connectivity index (χ1v) is 5.95. The van der Waals surface area contributed by atoms with E-state index in [1.165, 1.54) is 0 Å². The van der Waals surface area contributed by atoms with Crippen LogP contribution in [0.3, 0.4) is 0 Å². The van der Waals surface area contributed by atoms with E-state index < -0.39 is 0 Å². The summed E-state index contributed by atoms with van der Waals surface area (Å²) >= 11 is 5.96. The van der Waals surface area contributed by atoms with Crippen molar-refractivity contribution in [2.45, 2.75) is 13.0 Å². The molecule has 1 unspecified atom stereocenters. The first-order chi connectivity index (χ1) is 8.69. The molecule has 2 rings (SSSR count). The summed E-state index contributed by atoms with van der Waals surface area (Å²) in [6.07, 6.45) is 1.62. The van der Waals surface area contributed by atoms with E-state index in [2.05, 4.69) is 10.3 Å². The van der Waals surface area contributed by atoms with Crippen molar-refractivity contribution in [2.24, 2.45) is 0 Å². The minimum absolute atomic E-state index is 0.109. The van der Waals surface area contributed by atoms with Crippen LogP contribution < -0.4 is 5.32 Å². The summed E-state index contributed by atoms with van der Waals surface area (Å²) in [7, 11) is 0. The van der Waals surface area contributed by atoms with Crippen molar-refractivity contribution in [3.05, 3.63) is 58.9 Å². The van der Waals surface area contributed by atoms with Crippen LogP contribution in [0.25, 0.3) is 0 Å². The third-order valence-electron chi connectivity index (χ3n) is 2.61. The number of hydrogen-bond acceptors (Lipinski definition) is 3. The normalized spacial score (nSPS) is 11.6. The lowest BCUT2D eigenvalue weighted by Gasteiger charge is -2.15. The van der Waals surface area contributed by atoms with Gasteiger partial charge in [0, 0.05) is 22.9 Å². The van der Waals surface area contributed by atoms with Crippen molar-refractivity contribution in [3.8, 4) is 6.07 Å². The average Bonchev–Trinajstić information content (AvgIpc) is 2.39. The number of halogens is 1. The molecule has 0 aliphatic carbocycles. The Bertz CT molecular complexity index is 590. The van der Waals surface area contributed by atoms with Crippen molar-refractivity contribution in [2.75, 3.05) is 5.32 Å². The molecule has 0 saturated carbocycles. The maximum atomic E-state index is 8.79. The summed E-state index contributed by atoms with van der Waals surface area (Å²) in [5.74, 6) is 0. The van der Waals surface area contributed by atoms with Gasteiger partial charge in [0.05, 0.1) is 0 Å². The molecule has 2 aromatic rings. The van der Waals surface area contributed by atoms with Crippen molar-refractivity contribution < 1.29 is 0 Å². The van der Waals surface area contributed by atoms with Crippen LogP contribution in [0.2, 0.25) is 5.02 Å². The zero-order valence-corrected chi connectivity index (χ0v) is 10.6. The van der Waals surface area contributed by atoms with Gasteiger partial charge in [-0.3, -0.25) is 0 Å². The topological polar surface area (TPSA) is 48.7 Å². The molecule has 1 heterocycles. The Labute approximate surface area is 111 Å². The summed E-state index contributed by atoms with van der Waals surface area (Å²) in [5.41, 5.74) is 2.37. The van der Waals surface area contributed by atoms with Crippen LogP contribution in [0.5, 0.6) is 0 Å². The second-order valence-corrected chi connectivity index (χ2v) is 4.40. The third-order valence-corrected chi connectivity index (χ3v) is 2.84. The van der Waals surface area contributed by atoms with Crippen LogP contribution >= 0.6 is 11.6 Å². The van der Waals surface area contributed by atoms with E-state index in [1.54, 1.807) is 12.3 Å². The molecule has 90 valence electrons. The predicted octanol–water partition coefficient (Wildman–Crippen LogP) is 3.78. The molecule has 0 aliphatic heterocycles. The fraction of sp³-hybridized carbons (Fsp3) is 0.143. The van der Waals surface area contributed by atoms with E-state index >= 15 is 0 Å². The van der Waals surface area contributed by atoms with Crippen LogP contribution in [0, 0.1) is 11.3 Å². The number of rotatable bonds is 3. The molecule has 0 fully saturated rings. The van der Waals surface area contributed by atoms with Gasteiger partial charge in [-0.2, -0.15) is 5.26 Å². The Morgan fingerprint density at radius 1 is 1.33 bits per heavy atom. The van der Waals surface area contributed by atoms with Gasteiger partial charge in [0.1, 0.15) is 11.8 Å². The van der Waals surface area contributed by atoms with Gasteiger partial charge in [-0.05, 0) is 36.8 Å². The van der Waals surface area contributed by atoms with Gasteiger partial charge in [0.2, 0.25) is 0 Å². The third kappa shape index (κ3) is 2.99. The van der Waals surface area contributed by atoms with Gasteiger partial charge in [-0.1, -0.05) is 23.7 Å². The number of aromatic nitrogens is 1. The van der Waals surface area contributed by atoms with Crippen LogP contribution in [-0.4, -0.2) is 4.98 Å². The molecule has 4 heteroatoms. The van der Waals surface area contributed by atoms with Crippen molar-refractivity contribution in [1.82, 2.24) is 4.98 Å². The molecular weight excluding hydrogens is 246 g/mol. The number of anilines is 1. The smallest absolute Gasteiger partial charge is 0.142 e. The molecule has 0 saturated heterocycles. The number of nitrogens with one attached hydrogen (secondary N) is 1. The molecule has 1 aromatic carbocycles. The average molecular weight is 258 g/mol. The molecular formula is C14H12ClN3. The Kier molecular flexibility index (Phi) is 3.81. The first-order valence-electron chi connectivity index (χ1n) is 5.57. The Morgan fingerprint density at radius 2 is 2.17 bits per heavy atom. The van der Waals surface area contributed by atoms with Gasteiger partial charge in [-0.15, -0.1) is 0 Å². The monoisotopic (exact) mass is 257 g/mol. The molecule has 18 heavy (non-hydrogen) atoms. The highest BCUT2D eigenvalue weighted by molar-refractivity contribution is 6.30. The van der Waals surface area contributed by atoms with Crippen molar-refractivity contribution >= 4 is 17.3 Å². The molecule has 0 aliphatic rings. The van der Waals surface area contributed by atoms with E-state index in [0.29, 0.717) is 10.7 Å². The Balaban J connectivity index is 2.16. The van der Waals surface area contributed by atoms with E-state index in [4.69, 9.17) is 16.9 Å². The highest BCUT2D eigenvalue weighted by Gasteiger charge is 2.06. The molecule has 3 nitrogen and oxygen atoms in total. The van der Waals surface area contributed by atoms with Gasteiger partial charge < -0.3 is 5.32 Å². The second-order valence-electron chi connectivity index (χ2n) is 3.96. The van der Waals surface area contributed by atoms with E-state index in [9.17, 15) is 0 Å². The number of pyridine rings is 1. The van der Waals surface area contributed by atoms with E-state index in [-0.39, 0.29) is 6.04 Å². The maximum Gasteiger partial charge on any atom is 0.142 e. The first kappa shape index (κ1) is 12.4. The highest BCUT2D eigenvalue weighted by Crippen LogP contribution is 2.21. The number of benzene rings is 1. The molecule has 1 aromatic heterocycles. The zero-order valence-electron chi connectivity index (χ0n) is 9.89. The fourth-order valence-corrected chi connectivity index (χ4v) is 1.89. The zero-order chi connectivity index (χ0) is 13.0. The van der Waals surface area contributed by atoms with Crippen LogP contribution in [0.1, 0.15) is 24.2 Å². The van der Waals surface area contributed by atoms with Crippen LogP contribution in [0.4, 0.5) is 5.69 Å². The Hall–Kier alpha value is -2.05. The molecule has 0 amide bonds. The molecule has 0 spiro atoms. The summed E-state index contributed by atoms with van der Waals surface area (Å²) < 4.78 is 0. The predicted molar refractivity (Wildman–Crippen MR) is 72.4 cm³/mol. The second kappa shape index (κ2) is 5.52.